The summed E-state index contributed by atoms with van der Waals surface area (Å²) >= 11 is 0. The molecule has 28 heavy (non-hydrogen) atoms. The van der Waals surface area contributed by atoms with E-state index in [1.165, 1.54) is 12.1 Å². The Hall–Kier alpha value is -3.54. The van der Waals surface area contributed by atoms with Crippen LogP contribution in [0.25, 0.3) is 11.4 Å². The number of carbonyl (C=O) groups is 1. The Bertz CT molecular complexity index is 943. The molecule has 0 fully saturated rings. The third-order valence-electron chi connectivity index (χ3n) is 4.03. The monoisotopic (exact) mass is 376 g/mol. The summed E-state index contributed by atoms with van der Waals surface area (Å²) in [5.41, 5.74) is 2.11. The zero-order valence-corrected chi connectivity index (χ0v) is 15.4. The summed E-state index contributed by atoms with van der Waals surface area (Å²) in [4.78, 5) is 21.3. The molecule has 1 heterocycles. The highest BCUT2D eigenvalue weighted by Gasteiger charge is 2.12. The van der Waals surface area contributed by atoms with Crippen LogP contribution in [0.2, 0.25) is 0 Å². The number of benzene rings is 2. The van der Waals surface area contributed by atoms with Gasteiger partial charge >= 0.3 is 0 Å². The van der Waals surface area contributed by atoms with E-state index in [0.29, 0.717) is 31.2 Å². The predicted octanol–water partition coefficient (Wildman–Crippen LogP) is 3.85. The van der Waals surface area contributed by atoms with Gasteiger partial charge in [0.1, 0.15) is 17.3 Å². The fourth-order valence-corrected chi connectivity index (χ4v) is 2.61. The highest BCUT2D eigenvalue weighted by atomic mass is 19.1. The summed E-state index contributed by atoms with van der Waals surface area (Å²) < 4.78 is 13.0. The van der Waals surface area contributed by atoms with Crippen LogP contribution in [0.15, 0.2) is 73.3 Å². The Kier molecular flexibility index (Phi) is 6.46. The molecule has 0 saturated heterocycles. The average Bonchev–Trinajstić information content (AvgIpc) is 2.74. The number of carbonyl (C=O) groups excluding carboxylic acids is 1. The minimum atomic E-state index is -0.291. The van der Waals surface area contributed by atoms with Gasteiger partial charge in [-0.15, -0.1) is 6.58 Å². The number of nitrogens with one attached hydrogen (secondary N) is 2. The van der Waals surface area contributed by atoms with Gasteiger partial charge in [0.05, 0.1) is 0 Å². The normalized spacial score (nSPS) is 10.3. The van der Waals surface area contributed by atoms with Gasteiger partial charge in [-0.25, -0.2) is 14.4 Å². The molecular formula is C22H21FN4O. The number of nitrogens with zero attached hydrogens (tertiary/aromatic N) is 2. The van der Waals surface area contributed by atoms with Crippen molar-refractivity contribution < 1.29 is 9.18 Å². The molecule has 0 spiro atoms. The van der Waals surface area contributed by atoms with Crippen LogP contribution in [-0.2, 0) is 6.42 Å². The molecule has 0 atom stereocenters. The second-order valence-corrected chi connectivity index (χ2v) is 6.13. The molecule has 0 aliphatic carbocycles. The SMILES string of the molecule is C=CCNC(=O)c1cc(NCCc2ccc(F)cc2)nc(-c2ccccc2)n1. The molecule has 6 heteroatoms. The molecule has 0 aliphatic heterocycles. The maximum Gasteiger partial charge on any atom is 0.270 e. The summed E-state index contributed by atoms with van der Waals surface area (Å²) in [6, 6.07) is 17.5. The summed E-state index contributed by atoms with van der Waals surface area (Å²) in [5.74, 6) is 0.479. The van der Waals surface area contributed by atoms with E-state index in [1.807, 2.05) is 30.3 Å². The lowest BCUT2D eigenvalue weighted by Crippen LogP contribution is -2.25. The van der Waals surface area contributed by atoms with Gasteiger partial charge < -0.3 is 10.6 Å². The lowest BCUT2D eigenvalue weighted by atomic mass is 10.1. The van der Waals surface area contributed by atoms with Gasteiger partial charge in [0.25, 0.3) is 5.91 Å². The van der Waals surface area contributed by atoms with E-state index in [0.717, 1.165) is 11.1 Å². The first-order valence-electron chi connectivity index (χ1n) is 8.97. The summed E-state index contributed by atoms with van der Waals surface area (Å²) in [6.07, 6.45) is 2.31. The van der Waals surface area contributed by atoms with Crippen LogP contribution < -0.4 is 10.6 Å². The maximum absolute atomic E-state index is 13.0. The number of rotatable bonds is 8. The van der Waals surface area contributed by atoms with Gasteiger partial charge in [-0.05, 0) is 24.1 Å². The average molecular weight is 376 g/mol. The molecular weight excluding hydrogens is 355 g/mol. The molecule has 3 rings (SSSR count). The van der Waals surface area contributed by atoms with E-state index < -0.39 is 0 Å². The standard InChI is InChI=1S/C22H21FN4O/c1-2-13-25-22(28)19-15-20(24-14-12-16-8-10-18(23)11-9-16)27-21(26-19)17-6-4-3-5-7-17/h2-11,15H,1,12-14H2,(H,25,28)(H,24,26,27). The van der Waals surface area contributed by atoms with Crippen LogP contribution in [0, 0.1) is 5.82 Å². The maximum atomic E-state index is 13.0. The Morgan fingerprint density at radius 3 is 2.54 bits per heavy atom. The highest BCUT2D eigenvalue weighted by molar-refractivity contribution is 5.93. The molecule has 1 amide bonds. The minimum absolute atomic E-state index is 0.254. The summed E-state index contributed by atoms with van der Waals surface area (Å²) in [7, 11) is 0. The minimum Gasteiger partial charge on any atom is -0.370 e. The van der Waals surface area contributed by atoms with Gasteiger partial charge in [0, 0.05) is 24.7 Å². The molecule has 142 valence electrons. The van der Waals surface area contributed by atoms with E-state index >= 15 is 0 Å². The quantitative estimate of drug-likeness (QED) is 0.586. The van der Waals surface area contributed by atoms with Crippen LogP contribution >= 0.6 is 0 Å². The van der Waals surface area contributed by atoms with Crippen molar-refractivity contribution in [3.63, 3.8) is 0 Å². The fraction of sp³-hybridized carbons (Fsp3) is 0.136. The van der Waals surface area contributed by atoms with Crippen molar-refractivity contribution in [1.29, 1.82) is 0 Å². The van der Waals surface area contributed by atoms with E-state index in [9.17, 15) is 9.18 Å². The molecule has 0 bridgehead atoms. The predicted molar refractivity (Wildman–Crippen MR) is 109 cm³/mol. The molecule has 0 unspecified atom stereocenters. The Morgan fingerprint density at radius 1 is 1.07 bits per heavy atom. The largest absolute Gasteiger partial charge is 0.370 e. The first-order valence-corrected chi connectivity index (χ1v) is 8.97. The number of aromatic nitrogens is 2. The highest BCUT2D eigenvalue weighted by Crippen LogP contribution is 2.18. The van der Waals surface area contributed by atoms with Crippen molar-refractivity contribution in [2.45, 2.75) is 6.42 Å². The number of anilines is 1. The number of hydrogen-bond donors (Lipinski definition) is 2. The first-order chi connectivity index (χ1) is 13.7. The number of amides is 1. The summed E-state index contributed by atoms with van der Waals surface area (Å²) in [6.45, 7) is 4.55. The lowest BCUT2D eigenvalue weighted by Gasteiger charge is -2.10. The second-order valence-electron chi connectivity index (χ2n) is 6.13. The fourth-order valence-electron chi connectivity index (χ4n) is 2.61. The first kappa shape index (κ1) is 19.2. The van der Waals surface area contributed by atoms with E-state index in [-0.39, 0.29) is 17.4 Å². The van der Waals surface area contributed by atoms with Gasteiger partial charge in [0.2, 0.25) is 0 Å². The van der Waals surface area contributed by atoms with E-state index in [2.05, 4.69) is 27.2 Å². The molecule has 3 aromatic rings. The van der Waals surface area contributed by atoms with E-state index in [1.54, 1.807) is 24.3 Å². The third kappa shape index (κ3) is 5.23. The van der Waals surface area contributed by atoms with Crippen LogP contribution in [0.5, 0.6) is 0 Å². The van der Waals surface area contributed by atoms with Gasteiger partial charge in [0.15, 0.2) is 5.82 Å². The lowest BCUT2D eigenvalue weighted by molar-refractivity contribution is 0.0953. The van der Waals surface area contributed by atoms with Crippen LogP contribution in [0.4, 0.5) is 10.2 Å². The Balaban J connectivity index is 1.79. The molecule has 0 saturated carbocycles. The number of hydrogen-bond acceptors (Lipinski definition) is 4. The Morgan fingerprint density at radius 2 is 1.82 bits per heavy atom. The van der Waals surface area contributed by atoms with Crippen LogP contribution in [0.3, 0.4) is 0 Å². The molecule has 0 radical (unpaired) electrons. The van der Waals surface area contributed by atoms with Crippen molar-refractivity contribution in [1.82, 2.24) is 15.3 Å². The number of halogens is 1. The molecule has 2 aromatic carbocycles. The molecule has 0 aliphatic rings. The zero-order valence-electron chi connectivity index (χ0n) is 15.4. The van der Waals surface area contributed by atoms with Crippen molar-refractivity contribution >= 4 is 11.7 Å². The zero-order chi connectivity index (χ0) is 19.8. The molecule has 1 aromatic heterocycles. The van der Waals surface area contributed by atoms with Crippen molar-refractivity contribution in [2.24, 2.45) is 0 Å². The van der Waals surface area contributed by atoms with Crippen molar-refractivity contribution in [3.8, 4) is 11.4 Å². The van der Waals surface area contributed by atoms with Crippen molar-refractivity contribution in [3.05, 3.63) is 90.4 Å². The van der Waals surface area contributed by atoms with Gasteiger partial charge in [-0.3, -0.25) is 4.79 Å². The second kappa shape index (κ2) is 9.41. The smallest absolute Gasteiger partial charge is 0.270 e. The molecule has 2 N–H and O–H groups in total. The molecule has 5 nitrogen and oxygen atoms in total. The third-order valence-corrected chi connectivity index (χ3v) is 4.03. The topological polar surface area (TPSA) is 66.9 Å². The van der Waals surface area contributed by atoms with Crippen LogP contribution in [0.1, 0.15) is 16.1 Å². The van der Waals surface area contributed by atoms with Crippen molar-refractivity contribution in [2.75, 3.05) is 18.4 Å². The van der Waals surface area contributed by atoms with Gasteiger partial charge in [-0.1, -0.05) is 48.5 Å². The van der Waals surface area contributed by atoms with E-state index in [4.69, 9.17) is 0 Å². The Labute approximate surface area is 163 Å². The van der Waals surface area contributed by atoms with Crippen LogP contribution in [-0.4, -0.2) is 29.0 Å². The summed E-state index contributed by atoms with van der Waals surface area (Å²) in [5, 5.41) is 5.96. The van der Waals surface area contributed by atoms with Gasteiger partial charge in [-0.2, -0.15) is 0 Å².